The van der Waals surface area contributed by atoms with Gasteiger partial charge >= 0.3 is 0 Å². The normalized spacial score (nSPS) is 25.1. The van der Waals surface area contributed by atoms with Crippen molar-refractivity contribution in [1.29, 1.82) is 0 Å². The number of hydrogen-bond acceptors (Lipinski definition) is 8. The van der Waals surface area contributed by atoms with Crippen LogP contribution >= 0.6 is 0 Å². The van der Waals surface area contributed by atoms with Crippen molar-refractivity contribution < 1.29 is 14.4 Å². The molecule has 1 aromatic carbocycles. The molecule has 9 heteroatoms. The summed E-state index contributed by atoms with van der Waals surface area (Å²) in [4.78, 5) is 41.2. The second kappa shape index (κ2) is 9.01. The fourth-order valence-corrected chi connectivity index (χ4v) is 5.46. The van der Waals surface area contributed by atoms with Crippen LogP contribution in [-0.2, 0) is 14.4 Å². The van der Waals surface area contributed by atoms with Crippen LogP contribution in [0, 0.1) is 18.8 Å². The van der Waals surface area contributed by atoms with Crippen LogP contribution in [0.15, 0.2) is 42.9 Å². The third kappa shape index (κ3) is 4.03. The quantitative estimate of drug-likeness (QED) is 0.641. The van der Waals surface area contributed by atoms with E-state index in [-0.39, 0.29) is 23.7 Å². The Labute approximate surface area is 192 Å². The molecule has 1 amide bonds. The first-order valence-corrected chi connectivity index (χ1v) is 11.2. The van der Waals surface area contributed by atoms with E-state index >= 15 is 0 Å². The van der Waals surface area contributed by atoms with Crippen LogP contribution in [0.5, 0.6) is 0 Å². The van der Waals surface area contributed by atoms with Gasteiger partial charge in [0, 0.05) is 43.7 Å². The number of rotatable bonds is 6. The van der Waals surface area contributed by atoms with E-state index < -0.39 is 6.17 Å². The average molecular weight is 449 g/mol. The second-order valence-electron chi connectivity index (χ2n) is 8.89. The molecule has 1 aromatic heterocycles. The number of hydrogen-bond donors (Lipinski definition) is 2. The number of carbonyl (C=O) groups is 2. The lowest BCUT2D eigenvalue weighted by Gasteiger charge is -2.36. The van der Waals surface area contributed by atoms with Crippen molar-refractivity contribution in [3.8, 4) is 0 Å². The number of amides is 1. The van der Waals surface area contributed by atoms with Crippen molar-refractivity contribution in [1.82, 2.24) is 25.9 Å². The zero-order chi connectivity index (χ0) is 22.9. The third-order valence-electron chi connectivity index (χ3n) is 6.91. The highest BCUT2D eigenvalue weighted by Gasteiger charge is 2.49. The molecular weight excluding hydrogens is 420 g/mol. The summed E-state index contributed by atoms with van der Waals surface area (Å²) in [5, 5.41) is 2.08. The summed E-state index contributed by atoms with van der Waals surface area (Å²) >= 11 is 0. The van der Waals surface area contributed by atoms with Crippen molar-refractivity contribution in [2.75, 3.05) is 31.6 Å². The summed E-state index contributed by atoms with van der Waals surface area (Å²) in [5.41, 5.74) is 8.98. The van der Waals surface area contributed by atoms with Crippen LogP contribution in [-0.4, -0.2) is 59.6 Å². The smallest absolute Gasteiger partial charge is 0.282 e. The van der Waals surface area contributed by atoms with Gasteiger partial charge in [-0.05, 0) is 29.9 Å². The molecule has 2 aromatic rings. The lowest BCUT2D eigenvalue weighted by atomic mass is 9.84. The maximum absolute atomic E-state index is 13.0. The zero-order valence-corrected chi connectivity index (χ0v) is 18.8. The number of ketones is 1. The second-order valence-corrected chi connectivity index (χ2v) is 8.89. The maximum atomic E-state index is 13.0. The van der Waals surface area contributed by atoms with Crippen molar-refractivity contribution in [2.24, 2.45) is 11.8 Å². The number of hydrazine groups is 1. The van der Waals surface area contributed by atoms with Crippen LogP contribution in [0.2, 0.25) is 0 Å². The lowest BCUT2D eigenvalue weighted by Crippen LogP contribution is -2.60. The van der Waals surface area contributed by atoms with E-state index in [1.54, 1.807) is 6.20 Å². The zero-order valence-electron chi connectivity index (χ0n) is 18.8. The molecule has 0 spiro atoms. The van der Waals surface area contributed by atoms with Gasteiger partial charge in [0.05, 0.1) is 7.11 Å². The predicted octanol–water partition coefficient (Wildman–Crippen LogP) is 1.43. The van der Waals surface area contributed by atoms with Gasteiger partial charge < -0.3 is 4.90 Å². The molecule has 0 bridgehead atoms. The average Bonchev–Trinajstić information content (AvgIpc) is 3.33. The molecule has 172 valence electrons. The van der Waals surface area contributed by atoms with Crippen molar-refractivity contribution in [3.05, 3.63) is 59.6 Å². The number of carbonyl (C=O) groups excluding carboxylic acids is 2. The Morgan fingerprint density at radius 1 is 1.27 bits per heavy atom. The molecule has 33 heavy (non-hydrogen) atoms. The highest BCUT2D eigenvalue weighted by molar-refractivity contribution is 5.89. The first kappa shape index (κ1) is 21.7. The molecule has 0 radical (unpaired) electrons. The minimum atomic E-state index is -0.727. The van der Waals surface area contributed by atoms with Gasteiger partial charge in [-0.1, -0.05) is 36.4 Å². The standard InChI is InChI=1S/C24H28N6O3/c1-15-6-3-4-8-18(15)21-19-13-29(12-17(19)10-20(21)31)27-23(24(32)28-33-2)30-9-5-7-16-11-25-14-26-22(16)30/h3-8,11,14,17,19,21,23,27H,9-10,12-13H2,1-2H3,(H,28,32). The highest BCUT2D eigenvalue weighted by Crippen LogP contribution is 2.45. The number of Topliss-reactive ketones (excluding diaryl/α,β-unsaturated/α-hetero) is 1. The van der Waals surface area contributed by atoms with Gasteiger partial charge in [0.25, 0.3) is 5.91 Å². The minimum absolute atomic E-state index is 0.0966. The largest absolute Gasteiger partial charge is 0.327 e. The van der Waals surface area contributed by atoms with Gasteiger partial charge in [-0.3, -0.25) is 14.4 Å². The molecule has 1 aliphatic carbocycles. The molecule has 4 unspecified atom stereocenters. The Morgan fingerprint density at radius 3 is 2.94 bits per heavy atom. The minimum Gasteiger partial charge on any atom is -0.327 e. The fourth-order valence-electron chi connectivity index (χ4n) is 5.46. The Morgan fingerprint density at radius 2 is 2.12 bits per heavy atom. The van der Waals surface area contributed by atoms with E-state index in [1.165, 1.54) is 13.4 Å². The van der Waals surface area contributed by atoms with E-state index in [0.29, 0.717) is 37.7 Å². The molecule has 1 saturated carbocycles. The summed E-state index contributed by atoms with van der Waals surface area (Å²) in [6, 6.07) is 8.14. The maximum Gasteiger partial charge on any atom is 0.282 e. The predicted molar refractivity (Wildman–Crippen MR) is 123 cm³/mol. The van der Waals surface area contributed by atoms with Crippen LogP contribution in [0.3, 0.4) is 0 Å². The highest BCUT2D eigenvalue weighted by atomic mass is 16.6. The van der Waals surface area contributed by atoms with Crippen LogP contribution in [0.4, 0.5) is 5.82 Å². The Balaban J connectivity index is 1.37. The lowest BCUT2D eigenvalue weighted by molar-refractivity contribution is -0.135. The Bertz CT molecular complexity index is 1090. The van der Waals surface area contributed by atoms with E-state index in [0.717, 1.165) is 16.7 Å². The van der Waals surface area contributed by atoms with E-state index in [4.69, 9.17) is 4.84 Å². The molecule has 2 fully saturated rings. The molecule has 2 aliphatic heterocycles. The van der Waals surface area contributed by atoms with Gasteiger partial charge in [-0.2, -0.15) is 0 Å². The van der Waals surface area contributed by atoms with Crippen LogP contribution in [0.1, 0.15) is 29.0 Å². The molecular formula is C24H28N6O3. The number of hydroxylamine groups is 1. The Kier molecular flexibility index (Phi) is 5.92. The van der Waals surface area contributed by atoms with Gasteiger partial charge in [0.15, 0.2) is 6.17 Å². The number of benzene rings is 1. The number of anilines is 1. The summed E-state index contributed by atoms with van der Waals surface area (Å²) in [6.45, 7) is 3.97. The SMILES string of the molecule is CONC(=O)C(NN1CC2CC(=O)C(c3ccccc3C)C2C1)N1CC=Cc2cncnc21. The summed E-state index contributed by atoms with van der Waals surface area (Å²) < 4.78 is 0. The summed E-state index contributed by atoms with van der Waals surface area (Å²) in [6.07, 6.45) is 6.99. The molecule has 3 aliphatic rings. The number of aryl methyl sites for hydroxylation is 1. The molecule has 9 nitrogen and oxygen atoms in total. The van der Waals surface area contributed by atoms with Crippen molar-refractivity contribution in [3.63, 3.8) is 0 Å². The van der Waals surface area contributed by atoms with Crippen LogP contribution in [0.25, 0.3) is 6.08 Å². The molecule has 4 atom stereocenters. The molecule has 2 N–H and O–H groups in total. The first-order valence-electron chi connectivity index (χ1n) is 11.2. The number of nitrogens with one attached hydrogen (secondary N) is 2. The molecule has 5 rings (SSSR count). The number of fused-ring (bicyclic) bond motifs is 2. The first-order chi connectivity index (χ1) is 16.1. The van der Waals surface area contributed by atoms with Crippen LogP contribution < -0.4 is 15.8 Å². The van der Waals surface area contributed by atoms with Crippen molar-refractivity contribution in [2.45, 2.75) is 25.4 Å². The van der Waals surface area contributed by atoms with E-state index in [2.05, 4.69) is 44.9 Å². The third-order valence-corrected chi connectivity index (χ3v) is 6.91. The van der Waals surface area contributed by atoms with Gasteiger partial charge in [0.1, 0.15) is 17.9 Å². The van der Waals surface area contributed by atoms with E-state index in [1.807, 2.05) is 29.2 Å². The van der Waals surface area contributed by atoms with Gasteiger partial charge in [0.2, 0.25) is 0 Å². The molecule has 1 saturated heterocycles. The van der Waals surface area contributed by atoms with E-state index in [9.17, 15) is 9.59 Å². The number of nitrogens with zero attached hydrogens (tertiary/aromatic N) is 4. The Hall–Kier alpha value is -3.14. The van der Waals surface area contributed by atoms with Gasteiger partial charge in [-0.25, -0.2) is 25.9 Å². The monoisotopic (exact) mass is 448 g/mol. The summed E-state index contributed by atoms with van der Waals surface area (Å²) in [7, 11) is 1.42. The fraction of sp³-hybridized carbons (Fsp3) is 0.417. The topological polar surface area (TPSA) is 99.7 Å². The van der Waals surface area contributed by atoms with Gasteiger partial charge in [-0.15, -0.1) is 0 Å². The molecule has 3 heterocycles. The van der Waals surface area contributed by atoms with Crippen molar-refractivity contribution >= 4 is 23.6 Å². The summed E-state index contributed by atoms with van der Waals surface area (Å²) in [5.74, 6) is 1.06. The number of aromatic nitrogens is 2.